The number of hydrogen-bond acceptors (Lipinski definition) is 4. The van der Waals surface area contributed by atoms with Gasteiger partial charge in [-0.25, -0.2) is 0 Å². The quantitative estimate of drug-likeness (QED) is 0.654. The molecule has 0 saturated carbocycles. The third-order valence-corrected chi connectivity index (χ3v) is 4.24. The van der Waals surface area contributed by atoms with E-state index in [1.165, 1.54) is 0 Å². The monoisotopic (exact) mass is 350 g/mol. The van der Waals surface area contributed by atoms with Crippen LogP contribution in [0.5, 0.6) is 5.88 Å². The fourth-order valence-corrected chi connectivity index (χ4v) is 2.85. The van der Waals surface area contributed by atoms with Crippen LogP contribution in [0, 0.1) is 13.8 Å². The predicted octanol–water partition coefficient (Wildman–Crippen LogP) is 4.71. The van der Waals surface area contributed by atoms with Crippen LogP contribution >= 0.6 is 0 Å². The number of carbonyl (C=O) groups is 1. The molecule has 0 atom stereocenters. The molecule has 1 heterocycles. The van der Waals surface area contributed by atoms with Crippen molar-refractivity contribution in [2.24, 2.45) is 10.2 Å². The molecule has 3 rings (SSSR count). The van der Waals surface area contributed by atoms with E-state index in [0.717, 1.165) is 27.7 Å². The summed E-state index contributed by atoms with van der Waals surface area (Å²) in [4.78, 5) is 12.0. The molecule has 0 spiro atoms. The van der Waals surface area contributed by atoms with Crippen molar-refractivity contribution < 1.29 is 9.90 Å². The molecule has 0 fully saturated rings. The van der Waals surface area contributed by atoms with Gasteiger partial charge in [-0.2, -0.15) is 0 Å². The lowest BCUT2D eigenvalue weighted by Crippen LogP contribution is -2.10. The van der Waals surface area contributed by atoms with Gasteiger partial charge in [0, 0.05) is 17.6 Å². The van der Waals surface area contributed by atoms with Crippen LogP contribution in [0.3, 0.4) is 0 Å². The van der Waals surface area contributed by atoms with Crippen LogP contribution in [0.2, 0.25) is 0 Å². The lowest BCUT2D eigenvalue weighted by Gasteiger charge is -2.03. The summed E-state index contributed by atoms with van der Waals surface area (Å²) in [6.45, 7) is 6.56. The van der Waals surface area contributed by atoms with Gasteiger partial charge in [-0.1, -0.05) is 29.3 Å². The number of hydrogen-bond donors (Lipinski definition) is 2. The highest BCUT2D eigenvalue weighted by atomic mass is 16.3. The van der Waals surface area contributed by atoms with E-state index in [9.17, 15) is 9.90 Å². The Kier molecular flexibility index (Phi) is 5.02. The Labute approximate surface area is 152 Å². The van der Waals surface area contributed by atoms with Gasteiger partial charge >= 0.3 is 0 Å². The van der Waals surface area contributed by atoms with Gasteiger partial charge in [-0.15, -0.1) is 10.2 Å². The molecule has 0 aliphatic carbocycles. The van der Waals surface area contributed by atoms with E-state index in [4.69, 9.17) is 0 Å². The normalized spacial score (nSPS) is 11.3. The highest BCUT2D eigenvalue weighted by Gasteiger charge is 2.16. The summed E-state index contributed by atoms with van der Waals surface area (Å²) in [5.74, 6) is -0.383. The SMILES string of the molecule is CCn1c(O)c(N=NC(=O)CNc2ccc(C)cc2)c2cc(C)ccc21. The Bertz CT molecular complexity index is 972. The Morgan fingerprint density at radius 3 is 2.50 bits per heavy atom. The fraction of sp³-hybridized carbons (Fsp3) is 0.250. The van der Waals surface area contributed by atoms with Gasteiger partial charge < -0.3 is 15.0 Å². The number of rotatable bonds is 5. The zero-order chi connectivity index (χ0) is 18.7. The number of fused-ring (bicyclic) bond motifs is 1. The molecular weight excluding hydrogens is 328 g/mol. The van der Waals surface area contributed by atoms with Crippen molar-refractivity contribution in [2.45, 2.75) is 27.3 Å². The van der Waals surface area contributed by atoms with E-state index < -0.39 is 5.91 Å². The van der Waals surface area contributed by atoms with Gasteiger partial charge in [-0.3, -0.25) is 4.79 Å². The summed E-state index contributed by atoms with van der Waals surface area (Å²) in [5, 5.41) is 22.0. The number of aryl methyl sites for hydroxylation is 3. The van der Waals surface area contributed by atoms with Gasteiger partial charge in [0.2, 0.25) is 5.88 Å². The Morgan fingerprint density at radius 1 is 1.12 bits per heavy atom. The molecule has 1 aromatic heterocycles. The van der Waals surface area contributed by atoms with Crippen LogP contribution in [-0.4, -0.2) is 22.1 Å². The van der Waals surface area contributed by atoms with Crippen molar-refractivity contribution in [3.8, 4) is 5.88 Å². The first-order valence-electron chi connectivity index (χ1n) is 8.56. The van der Waals surface area contributed by atoms with Crippen molar-refractivity contribution in [3.05, 3.63) is 53.6 Å². The Balaban J connectivity index is 1.79. The zero-order valence-electron chi connectivity index (χ0n) is 15.2. The third-order valence-electron chi connectivity index (χ3n) is 4.24. The van der Waals surface area contributed by atoms with Crippen molar-refractivity contribution in [3.63, 3.8) is 0 Å². The molecule has 26 heavy (non-hydrogen) atoms. The molecule has 2 N–H and O–H groups in total. The van der Waals surface area contributed by atoms with E-state index >= 15 is 0 Å². The Hall–Kier alpha value is -3.15. The van der Waals surface area contributed by atoms with E-state index in [0.29, 0.717) is 12.2 Å². The second kappa shape index (κ2) is 7.39. The zero-order valence-corrected chi connectivity index (χ0v) is 15.2. The minimum absolute atomic E-state index is 0.0242. The summed E-state index contributed by atoms with van der Waals surface area (Å²) in [5.41, 5.74) is 4.25. The van der Waals surface area contributed by atoms with E-state index in [2.05, 4.69) is 15.5 Å². The van der Waals surface area contributed by atoms with Crippen molar-refractivity contribution in [1.82, 2.24) is 4.57 Å². The molecule has 0 saturated heterocycles. The largest absolute Gasteiger partial charge is 0.493 e. The average Bonchev–Trinajstić information content (AvgIpc) is 2.89. The molecule has 0 aliphatic heterocycles. The van der Waals surface area contributed by atoms with Crippen LogP contribution in [0.4, 0.5) is 11.4 Å². The summed E-state index contributed by atoms with van der Waals surface area (Å²) in [6.07, 6.45) is 0. The number of anilines is 1. The van der Waals surface area contributed by atoms with Crippen LogP contribution in [0.15, 0.2) is 52.7 Å². The number of nitrogens with one attached hydrogen (secondary N) is 1. The van der Waals surface area contributed by atoms with Gasteiger partial charge in [0.05, 0.1) is 12.1 Å². The highest BCUT2D eigenvalue weighted by molar-refractivity contribution is 5.95. The minimum Gasteiger partial charge on any atom is -0.493 e. The number of azo groups is 1. The van der Waals surface area contributed by atoms with Gasteiger partial charge in [-0.05, 0) is 45.0 Å². The molecule has 0 unspecified atom stereocenters. The molecule has 0 aliphatic rings. The summed E-state index contributed by atoms with van der Waals surface area (Å²) in [7, 11) is 0. The van der Waals surface area contributed by atoms with Crippen LogP contribution in [-0.2, 0) is 11.3 Å². The number of carbonyl (C=O) groups excluding carboxylic acids is 1. The van der Waals surface area contributed by atoms with Gasteiger partial charge in [0.1, 0.15) is 0 Å². The first kappa shape index (κ1) is 17.7. The summed E-state index contributed by atoms with van der Waals surface area (Å²) < 4.78 is 1.75. The van der Waals surface area contributed by atoms with Crippen molar-refractivity contribution in [2.75, 3.05) is 11.9 Å². The van der Waals surface area contributed by atoms with Crippen LogP contribution in [0.1, 0.15) is 18.1 Å². The minimum atomic E-state index is -0.407. The first-order chi connectivity index (χ1) is 12.5. The second-order valence-electron chi connectivity index (χ2n) is 6.25. The molecule has 0 radical (unpaired) electrons. The maximum absolute atomic E-state index is 12.0. The van der Waals surface area contributed by atoms with Crippen LogP contribution < -0.4 is 5.32 Å². The summed E-state index contributed by atoms with van der Waals surface area (Å²) in [6, 6.07) is 13.6. The molecule has 6 nitrogen and oxygen atoms in total. The Morgan fingerprint density at radius 2 is 1.81 bits per heavy atom. The van der Waals surface area contributed by atoms with E-state index in [1.54, 1.807) is 4.57 Å². The number of nitrogens with zero attached hydrogens (tertiary/aromatic N) is 3. The number of aromatic nitrogens is 1. The topological polar surface area (TPSA) is 79.0 Å². The molecular formula is C20H22N4O2. The summed E-state index contributed by atoms with van der Waals surface area (Å²) >= 11 is 0. The highest BCUT2D eigenvalue weighted by Crippen LogP contribution is 2.39. The molecule has 0 bridgehead atoms. The maximum atomic E-state index is 12.0. The van der Waals surface area contributed by atoms with E-state index in [-0.39, 0.29) is 12.4 Å². The lowest BCUT2D eigenvalue weighted by molar-refractivity contribution is -0.116. The number of amides is 1. The maximum Gasteiger partial charge on any atom is 0.283 e. The number of aromatic hydroxyl groups is 1. The first-order valence-corrected chi connectivity index (χ1v) is 8.56. The third kappa shape index (κ3) is 3.59. The van der Waals surface area contributed by atoms with Gasteiger partial charge in [0.25, 0.3) is 5.91 Å². The van der Waals surface area contributed by atoms with E-state index in [1.807, 2.05) is 63.2 Å². The molecule has 134 valence electrons. The smallest absolute Gasteiger partial charge is 0.283 e. The average molecular weight is 350 g/mol. The van der Waals surface area contributed by atoms with Crippen molar-refractivity contribution in [1.29, 1.82) is 0 Å². The van der Waals surface area contributed by atoms with Crippen LogP contribution in [0.25, 0.3) is 10.9 Å². The van der Waals surface area contributed by atoms with Gasteiger partial charge in [0.15, 0.2) is 5.69 Å². The molecule has 1 amide bonds. The lowest BCUT2D eigenvalue weighted by atomic mass is 10.1. The number of benzene rings is 2. The predicted molar refractivity (Wildman–Crippen MR) is 103 cm³/mol. The van der Waals surface area contributed by atoms with Crippen molar-refractivity contribution >= 4 is 28.2 Å². The molecule has 2 aromatic carbocycles. The molecule has 3 aromatic rings. The standard InChI is InChI=1S/C20H22N4O2/c1-4-24-17-10-7-14(3)11-16(17)19(20(24)26)23-22-18(25)12-21-15-8-5-13(2)6-9-15/h5-11,21,26H,4,12H2,1-3H3. The fourth-order valence-electron chi connectivity index (χ4n) is 2.85. The second-order valence-corrected chi connectivity index (χ2v) is 6.25. The molecule has 6 heteroatoms.